The van der Waals surface area contributed by atoms with Crippen LogP contribution in [0.15, 0.2) is 0 Å². The Hall–Kier alpha value is -0.0800. The minimum absolute atomic E-state index is 0.251. The van der Waals surface area contributed by atoms with Gasteiger partial charge in [0.05, 0.1) is 6.61 Å². The molecule has 0 amide bonds. The molecule has 2 aliphatic rings. The Labute approximate surface area is 93.8 Å². The summed E-state index contributed by atoms with van der Waals surface area (Å²) in [5, 5.41) is 3.83. The number of nitrogens with one attached hydrogen (secondary N) is 1. The SMILES string of the molecule is CC1CC(C)CC(NC2(C)CCOC2)C1. The second kappa shape index (κ2) is 4.42. The predicted octanol–water partition coefficient (Wildman–Crippen LogP) is 2.58. The van der Waals surface area contributed by atoms with E-state index in [1.807, 2.05) is 0 Å². The zero-order chi connectivity index (χ0) is 10.9. The van der Waals surface area contributed by atoms with Gasteiger partial charge in [0.25, 0.3) is 0 Å². The first kappa shape index (κ1) is 11.4. The van der Waals surface area contributed by atoms with Gasteiger partial charge < -0.3 is 10.1 Å². The first-order valence-corrected chi connectivity index (χ1v) is 6.43. The van der Waals surface area contributed by atoms with Crippen LogP contribution in [-0.2, 0) is 4.74 Å². The van der Waals surface area contributed by atoms with Crippen molar-refractivity contribution in [1.82, 2.24) is 5.32 Å². The fourth-order valence-electron chi connectivity index (χ4n) is 3.34. The van der Waals surface area contributed by atoms with E-state index >= 15 is 0 Å². The van der Waals surface area contributed by atoms with Crippen LogP contribution in [0.25, 0.3) is 0 Å². The molecule has 0 aromatic rings. The molecule has 1 saturated carbocycles. The summed E-state index contributed by atoms with van der Waals surface area (Å²) in [7, 11) is 0. The molecule has 1 saturated heterocycles. The van der Waals surface area contributed by atoms with Crippen molar-refractivity contribution in [1.29, 1.82) is 0 Å². The second-order valence-electron chi connectivity index (χ2n) is 6.12. The second-order valence-corrected chi connectivity index (χ2v) is 6.12. The Bertz CT molecular complexity index is 201. The standard InChI is InChI=1S/C13H25NO/c1-10-6-11(2)8-12(7-10)14-13(3)4-5-15-9-13/h10-12,14H,4-9H2,1-3H3. The first-order valence-electron chi connectivity index (χ1n) is 6.43. The Morgan fingerprint density at radius 3 is 2.33 bits per heavy atom. The van der Waals surface area contributed by atoms with Crippen LogP contribution in [0.2, 0.25) is 0 Å². The number of hydrogen-bond donors (Lipinski definition) is 1. The highest BCUT2D eigenvalue weighted by atomic mass is 16.5. The lowest BCUT2D eigenvalue weighted by Gasteiger charge is -2.37. The Morgan fingerprint density at radius 1 is 1.13 bits per heavy atom. The van der Waals surface area contributed by atoms with Crippen LogP contribution in [0.4, 0.5) is 0 Å². The van der Waals surface area contributed by atoms with Gasteiger partial charge in [-0.15, -0.1) is 0 Å². The van der Waals surface area contributed by atoms with Gasteiger partial charge in [0.2, 0.25) is 0 Å². The highest BCUT2D eigenvalue weighted by Crippen LogP contribution is 2.30. The average Bonchev–Trinajstić information content (AvgIpc) is 2.49. The summed E-state index contributed by atoms with van der Waals surface area (Å²) in [5.74, 6) is 1.77. The summed E-state index contributed by atoms with van der Waals surface area (Å²) in [6.45, 7) is 8.91. The van der Waals surface area contributed by atoms with Crippen molar-refractivity contribution in [2.24, 2.45) is 11.8 Å². The van der Waals surface area contributed by atoms with E-state index < -0.39 is 0 Å². The van der Waals surface area contributed by atoms with Crippen LogP contribution in [-0.4, -0.2) is 24.8 Å². The van der Waals surface area contributed by atoms with Crippen molar-refractivity contribution < 1.29 is 4.74 Å². The van der Waals surface area contributed by atoms with Gasteiger partial charge in [0.1, 0.15) is 0 Å². The molecule has 1 aliphatic carbocycles. The lowest BCUT2D eigenvalue weighted by atomic mass is 9.79. The van der Waals surface area contributed by atoms with Crippen molar-refractivity contribution in [3.05, 3.63) is 0 Å². The molecule has 1 aliphatic heterocycles. The third-order valence-corrected chi connectivity index (χ3v) is 3.95. The van der Waals surface area contributed by atoms with E-state index in [-0.39, 0.29) is 5.54 Å². The maximum Gasteiger partial charge on any atom is 0.0646 e. The van der Waals surface area contributed by atoms with Crippen molar-refractivity contribution in [3.8, 4) is 0 Å². The van der Waals surface area contributed by atoms with Crippen LogP contribution in [0.5, 0.6) is 0 Å². The maximum absolute atomic E-state index is 5.49. The predicted molar refractivity (Wildman–Crippen MR) is 62.9 cm³/mol. The molecular weight excluding hydrogens is 186 g/mol. The van der Waals surface area contributed by atoms with Crippen LogP contribution < -0.4 is 5.32 Å². The molecule has 0 spiro atoms. The van der Waals surface area contributed by atoms with Gasteiger partial charge in [0.15, 0.2) is 0 Å². The van der Waals surface area contributed by atoms with Gasteiger partial charge in [-0.3, -0.25) is 0 Å². The van der Waals surface area contributed by atoms with E-state index in [2.05, 4.69) is 26.1 Å². The fourth-order valence-corrected chi connectivity index (χ4v) is 3.34. The fraction of sp³-hybridized carbons (Fsp3) is 1.00. The molecule has 88 valence electrons. The van der Waals surface area contributed by atoms with E-state index in [1.54, 1.807) is 0 Å². The molecule has 0 bridgehead atoms. The van der Waals surface area contributed by atoms with Gasteiger partial charge in [-0.05, 0) is 44.4 Å². The van der Waals surface area contributed by atoms with Crippen molar-refractivity contribution in [2.75, 3.05) is 13.2 Å². The van der Waals surface area contributed by atoms with Crippen LogP contribution in [0.1, 0.15) is 46.5 Å². The van der Waals surface area contributed by atoms with Crippen molar-refractivity contribution >= 4 is 0 Å². The summed E-state index contributed by atoms with van der Waals surface area (Å²) in [6.07, 6.45) is 5.28. The zero-order valence-corrected chi connectivity index (χ0v) is 10.4. The maximum atomic E-state index is 5.49. The summed E-state index contributed by atoms with van der Waals surface area (Å²) in [4.78, 5) is 0. The molecule has 3 atom stereocenters. The third kappa shape index (κ3) is 2.94. The highest BCUT2D eigenvalue weighted by Gasteiger charge is 2.34. The molecule has 0 aromatic carbocycles. The van der Waals surface area contributed by atoms with Gasteiger partial charge in [-0.2, -0.15) is 0 Å². The van der Waals surface area contributed by atoms with Gasteiger partial charge in [-0.25, -0.2) is 0 Å². The average molecular weight is 211 g/mol. The lowest BCUT2D eigenvalue weighted by Crippen LogP contribution is -2.50. The van der Waals surface area contributed by atoms with E-state index in [4.69, 9.17) is 4.74 Å². The number of ether oxygens (including phenoxy) is 1. The van der Waals surface area contributed by atoms with E-state index in [1.165, 1.54) is 25.7 Å². The van der Waals surface area contributed by atoms with Crippen LogP contribution >= 0.6 is 0 Å². The van der Waals surface area contributed by atoms with E-state index in [9.17, 15) is 0 Å². The smallest absolute Gasteiger partial charge is 0.0646 e. The van der Waals surface area contributed by atoms with E-state index in [0.717, 1.165) is 31.1 Å². The number of hydrogen-bond acceptors (Lipinski definition) is 2. The molecule has 1 N–H and O–H groups in total. The Kier molecular flexibility index (Phi) is 3.36. The highest BCUT2D eigenvalue weighted by molar-refractivity contribution is 4.92. The van der Waals surface area contributed by atoms with E-state index in [0.29, 0.717) is 0 Å². The van der Waals surface area contributed by atoms with Crippen molar-refractivity contribution in [2.45, 2.75) is 58.0 Å². The largest absolute Gasteiger partial charge is 0.379 e. The molecule has 0 aromatic heterocycles. The molecular formula is C13H25NO. The Balaban J connectivity index is 1.87. The lowest BCUT2D eigenvalue weighted by molar-refractivity contribution is 0.149. The topological polar surface area (TPSA) is 21.3 Å². The normalized spacial score (nSPS) is 47.0. The van der Waals surface area contributed by atoms with Crippen LogP contribution in [0.3, 0.4) is 0 Å². The molecule has 2 heteroatoms. The molecule has 2 nitrogen and oxygen atoms in total. The monoisotopic (exact) mass is 211 g/mol. The summed E-state index contributed by atoms with van der Waals surface area (Å²) in [5.41, 5.74) is 0.251. The Morgan fingerprint density at radius 2 is 1.80 bits per heavy atom. The minimum Gasteiger partial charge on any atom is -0.379 e. The molecule has 2 fully saturated rings. The summed E-state index contributed by atoms with van der Waals surface area (Å²) < 4.78 is 5.49. The van der Waals surface area contributed by atoms with Gasteiger partial charge in [0, 0.05) is 18.2 Å². The first-order chi connectivity index (χ1) is 7.07. The summed E-state index contributed by atoms with van der Waals surface area (Å²) >= 11 is 0. The molecule has 15 heavy (non-hydrogen) atoms. The number of rotatable bonds is 2. The minimum atomic E-state index is 0.251. The molecule has 3 unspecified atom stereocenters. The third-order valence-electron chi connectivity index (χ3n) is 3.95. The molecule has 0 radical (unpaired) electrons. The van der Waals surface area contributed by atoms with Gasteiger partial charge in [-0.1, -0.05) is 13.8 Å². The quantitative estimate of drug-likeness (QED) is 0.758. The molecule has 1 heterocycles. The molecule has 2 rings (SSSR count). The summed E-state index contributed by atoms with van der Waals surface area (Å²) in [6, 6.07) is 0.718. The van der Waals surface area contributed by atoms with Crippen molar-refractivity contribution in [3.63, 3.8) is 0 Å². The van der Waals surface area contributed by atoms with Gasteiger partial charge >= 0.3 is 0 Å². The zero-order valence-electron chi connectivity index (χ0n) is 10.4. The van der Waals surface area contributed by atoms with Crippen LogP contribution in [0, 0.1) is 11.8 Å².